The zero-order valence-corrected chi connectivity index (χ0v) is 19.8. The third kappa shape index (κ3) is 5.63. The fourth-order valence-corrected chi connectivity index (χ4v) is 3.58. The highest BCUT2D eigenvalue weighted by atomic mass is 35.5. The number of hydrogen-bond donors (Lipinski definition) is 1. The molecule has 4 rings (SSSR count). The molecule has 10 heteroatoms. The number of hydrogen-bond acceptors (Lipinski definition) is 5. The van der Waals surface area contributed by atoms with Crippen molar-refractivity contribution in [3.05, 3.63) is 92.8 Å². The van der Waals surface area contributed by atoms with E-state index in [4.69, 9.17) is 25.5 Å². The highest BCUT2D eigenvalue weighted by molar-refractivity contribution is 6.30. The summed E-state index contributed by atoms with van der Waals surface area (Å²) in [5.74, 6) is -2.95. The number of alkyl halides is 3. The van der Waals surface area contributed by atoms with Crippen LogP contribution < -0.4 is 20.2 Å². The van der Waals surface area contributed by atoms with E-state index in [1.165, 1.54) is 24.3 Å². The number of ether oxygens (including phenoxy) is 2. The van der Waals surface area contributed by atoms with Crippen LogP contribution in [-0.2, 0) is 11.0 Å². The van der Waals surface area contributed by atoms with Crippen LogP contribution in [0, 0.1) is 13.8 Å². The van der Waals surface area contributed by atoms with E-state index in [0.29, 0.717) is 10.7 Å². The Labute approximate surface area is 208 Å². The minimum absolute atomic E-state index is 0.0361. The maximum atomic E-state index is 13.7. The molecule has 0 saturated carbocycles. The summed E-state index contributed by atoms with van der Waals surface area (Å²) in [5, 5.41) is 3.03. The van der Waals surface area contributed by atoms with E-state index in [2.05, 4.69) is 5.32 Å². The van der Waals surface area contributed by atoms with Crippen LogP contribution in [0.5, 0.6) is 17.2 Å². The van der Waals surface area contributed by atoms with Crippen molar-refractivity contribution in [2.75, 3.05) is 11.9 Å². The van der Waals surface area contributed by atoms with Crippen LogP contribution in [0.3, 0.4) is 0 Å². The van der Waals surface area contributed by atoms with E-state index >= 15 is 0 Å². The fourth-order valence-electron chi connectivity index (χ4n) is 3.35. The second-order valence-electron chi connectivity index (χ2n) is 7.96. The standard InChI is InChI=1S/C26H19ClF3NO5/c1-14-3-6-17(7-4-14)35-24-23(33)19-9-8-18(12-21(19)36-25(24)26(28,29)30)34-13-22(32)31-20-10-5-16(27)11-15(20)2/h3-12H,13H2,1-2H3,(H,31,32). The predicted octanol–water partition coefficient (Wildman–Crippen LogP) is 6.89. The SMILES string of the molecule is Cc1ccc(Oc2c(C(F)(F)F)oc3cc(OCC(=O)Nc4ccc(Cl)cc4C)ccc3c2=O)cc1. The first-order valence-corrected chi connectivity index (χ1v) is 11.0. The van der Waals surface area contributed by atoms with E-state index in [0.717, 1.165) is 17.2 Å². The Morgan fingerprint density at radius 3 is 2.36 bits per heavy atom. The van der Waals surface area contributed by atoms with Gasteiger partial charge >= 0.3 is 6.18 Å². The summed E-state index contributed by atoms with van der Waals surface area (Å²) in [7, 11) is 0. The fraction of sp³-hybridized carbons (Fsp3) is 0.154. The van der Waals surface area contributed by atoms with E-state index in [9.17, 15) is 22.8 Å². The van der Waals surface area contributed by atoms with Crippen molar-refractivity contribution in [3.8, 4) is 17.2 Å². The summed E-state index contributed by atoms with van der Waals surface area (Å²) in [6.07, 6.45) is -5.00. The number of benzene rings is 3. The number of carbonyl (C=O) groups is 1. The zero-order chi connectivity index (χ0) is 26.0. The number of carbonyl (C=O) groups excluding carboxylic acids is 1. The lowest BCUT2D eigenvalue weighted by Gasteiger charge is -2.14. The predicted molar refractivity (Wildman–Crippen MR) is 129 cm³/mol. The van der Waals surface area contributed by atoms with Gasteiger partial charge in [0.05, 0.1) is 5.39 Å². The lowest BCUT2D eigenvalue weighted by Crippen LogP contribution is -2.20. The first-order chi connectivity index (χ1) is 17.0. The molecular weight excluding hydrogens is 499 g/mol. The van der Waals surface area contributed by atoms with Gasteiger partial charge in [-0.25, -0.2) is 0 Å². The number of anilines is 1. The molecule has 6 nitrogen and oxygen atoms in total. The molecule has 186 valence electrons. The largest absolute Gasteiger partial charge is 0.484 e. The number of fused-ring (bicyclic) bond motifs is 1. The molecule has 0 saturated heterocycles. The summed E-state index contributed by atoms with van der Waals surface area (Å²) in [5.41, 5.74) is 0.787. The molecule has 0 aliphatic carbocycles. The maximum absolute atomic E-state index is 13.7. The number of aryl methyl sites for hydroxylation is 2. The van der Waals surface area contributed by atoms with Crippen LogP contribution in [0.4, 0.5) is 18.9 Å². The molecule has 0 radical (unpaired) electrons. The molecule has 36 heavy (non-hydrogen) atoms. The average Bonchev–Trinajstić information content (AvgIpc) is 2.81. The summed E-state index contributed by atoms with van der Waals surface area (Å²) < 4.78 is 57.0. The quantitative estimate of drug-likeness (QED) is 0.301. The summed E-state index contributed by atoms with van der Waals surface area (Å²) in [6, 6.07) is 14.8. The molecule has 1 aromatic heterocycles. The van der Waals surface area contributed by atoms with Gasteiger partial charge in [-0.05, 0) is 61.9 Å². The highest BCUT2D eigenvalue weighted by Gasteiger charge is 2.40. The smallest absolute Gasteiger partial charge is 0.453 e. The summed E-state index contributed by atoms with van der Waals surface area (Å²) in [6.45, 7) is 3.14. The van der Waals surface area contributed by atoms with E-state index in [1.54, 1.807) is 44.2 Å². The lowest BCUT2D eigenvalue weighted by atomic mass is 10.2. The summed E-state index contributed by atoms with van der Waals surface area (Å²) in [4.78, 5) is 25.2. The van der Waals surface area contributed by atoms with Crippen molar-refractivity contribution in [1.82, 2.24) is 0 Å². The molecule has 3 aromatic carbocycles. The molecular formula is C26H19ClF3NO5. The molecule has 1 heterocycles. The second-order valence-corrected chi connectivity index (χ2v) is 8.39. The van der Waals surface area contributed by atoms with Crippen molar-refractivity contribution in [1.29, 1.82) is 0 Å². The Morgan fingerprint density at radius 2 is 1.69 bits per heavy atom. The van der Waals surface area contributed by atoms with Gasteiger partial charge in [0.1, 0.15) is 17.1 Å². The average molecular weight is 518 g/mol. The van der Waals surface area contributed by atoms with E-state index in [1.807, 2.05) is 0 Å². The Bertz CT molecular complexity index is 1500. The molecule has 0 bridgehead atoms. The number of nitrogens with one attached hydrogen (secondary N) is 1. The van der Waals surface area contributed by atoms with E-state index < -0.39 is 35.6 Å². The molecule has 0 unspecified atom stereocenters. The van der Waals surface area contributed by atoms with Gasteiger partial charge in [0.15, 0.2) is 6.61 Å². The summed E-state index contributed by atoms with van der Waals surface area (Å²) >= 11 is 5.90. The van der Waals surface area contributed by atoms with Crippen LogP contribution in [0.1, 0.15) is 16.9 Å². The van der Waals surface area contributed by atoms with Crippen LogP contribution in [0.25, 0.3) is 11.0 Å². The van der Waals surface area contributed by atoms with Crippen molar-refractivity contribution < 1.29 is 31.9 Å². The molecule has 0 atom stereocenters. The van der Waals surface area contributed by atoms with Crippen molar-refractivity contribution >= 4 is 34.2 Å². The molecule has 1 amide bonds. The van der Waals surface area contributed by atoms with Gasteiger partial charge in [-0.3, -0.25) is 9.59 Å². The first-order valence-electron chi connectivity index (χ1n) is 10.6. The van der Waals surface area contributed by atoms with Gasteiger partial charge in [0, 0.05) is 16.8 Å². The van der Waals surface area contributed by atoms with Gasteiger partial charge in [0.25, 0.3) is 11.7 Å². The van der Waals surface area contributed by atoms with Crippen LogP contribution in [0.15, 0.2) is 69.9 Å². The Balaban J connectivity index is 1.59. The van der Waals surface area contributed by atoms with Crippen LogP contribution in [0.2, 0.25) is 5.02 Å². The number of amides is 1. The normalized spacial score (nSPS) is 11.4. The third-order valence-corrected chi connectivity index (χ3v) is 5.39. The molecule has 0 aliphatic heterocycles. The number of rotatable bonds is 6. The monoisotopic (exact) mass is 517 g/mol. The van der Waals surface area contributed by atoms with Gasteiger partial charge in [-0.1, -0.05) is 29.3 Å². The zero-order valence-electron chi connectivity index (χ0n) is 19.0. The molecule has 4 aromatic rings. The Hall–Kier alpha value is -3.98. The third-order valence-electron chi connectivity index (χ3n) is 5.15. The van der Waals surface area contributed by atoms with Crippen molar-refractivity contribution in [2.24, 2.45) is 0 Å². The highest BCUT2D eigenvalue weighted by Crippen LogP contribution is 2.38. The van der Waals surface area contributed by atoms with Crippen LogP contribution >= 0.6 is 11.6 Å². The van der Waals surface area contributed by atoms with Gasteiger partial charge in [-0.15, -0.1) is 0 Å². The van der Waals surface area contributed by atoms with E-state index in [-0.39, 0.29) is 22.5 Å². The van der Waals surface area contributed by atoms with Crippen LogP contribution in [-0.4, -0.2) is 12.5 Å². The maximum Gasteiger partial charge on any atom is 0.453 e. The lowest BCUT2D eigenvalue weighted by molar-refractivity contribution is -0.154. The topological polar surface area (TPSA) is 77.8 Å². The molecule has 0 fully saturated rings. The van der Waals surface area contributed by atoms with Gasteiger partial charge in [-0.2, -0.15) is 13.2 Å². The Kier molecular flexibility index (Phi) is 6.94. The number of halogens is 4. The van der Waals surface area contributed by atoms with Gasteiger partial charge in [0.2, 0.25) is 11.2 Å². The minimum Gasteiger partial charge on any atom is -0.484 e. The molecule has 0 spiro atoms. The Morgan fingerprint density at radius 1 is 1.00 bits per heavy atom. The van der Waals surface area contributed by atoms with Gasteiger partial charge < -0.3 is 19.2 Å². The van der Waals surface area contributed by atoms with Crippen molar-refractivity contribution in [3.63, 3.8) is 0 Å². The molecule has 1 N–H and O–H groups in total. The first kappa shape index (κ1) is 25.1. The minimum atomic E-state index is -5.00. The van der Waals surface area contributed by atoms with Crippen molar-refractivity contribution in [2.45, 2.75) is 20.0 Å². The second kappa shape index (κ2) is 9.94. The molecule has 0 aliphatic rings.